The highest BCUT2D eigenvalue weighted by Gasteiger charge is 2.31. The normalized spacial score (nSPS) is 13.7. The van der Waals surface area contributed by atoms with Gasteiger partial charge in [-0.05, 0) is 17.4 Å². The van der Waals surface area contributed by atoms with Gasteiger partial charge in [0.2, 0.25) is 0 Å². The third-order valence-corrected chi connectivity index (χ3v) is 1.69. The number of allylic oxidation sites excluding steroid dienone is 1. The molecule has 3 N–H and O–H groups in total. The van der Waals surface area contributed by atoms with E-state index in [9.17, 15) is 13.2 Å². The van der Waals surface area contributed by atoms with Crippen molar-refractivity contribution in [2.45, 2.75) is 6.18 Å². The van der Waals surface area contributed by atoms with E-state index in [1.54, 1.807) is 5.48 Å². The molecule has 0 unspecified atom stereocenters. The molecule has 82 valence electrons. The van der Waals surface area contributed by atoms with E-state index in [2.05, 4.69) is 11.6 Å². The zero-order chi connectivity index (χ0) is 11.5. The average Bonchev–Trinajstić information content (AvgIpc) is 2.48. The summed E-state index contributed by atoms with van der Waals surface area (Å²) in [5.74, 6) is 0. The van der Waals surface area contributed by atoms with Crippen LogP contribution >= 0.6 is 0 Å². The van der Waals surface area contributed by atoms with Gasteiger partial charge in [-0.3, -0.25) is 10.7 Å². The zero-order valence-corrected chi connectivity index (χ0v) is 7.60. The van der Waals surface area contributed by atoms with E-state index < -0.39 is 11.9 Å². The fraction of sp³-hybridized carbons (Fsp3) is 0.111. The lowest BCUT2D eigenvalue weighted by Gasteiger charge is -2.00. The van der Waals surface area contributed by atoms with Gasteiger partial charge in [-0.25, -0.2) is 0 Å². The molecule has 1 aromatic heterocycles. The van der Waals surface area contributed by atoms with E-state index in [1.807, 2.05) is 0 Å². The molecule has 6 heteroatoms. The highest BCUT2D eigenvalue weighted by Crippen LogP contribution is 2.25. The molecule has 0 amide bonds. The lowest BCUT2D eigenvalue weighted by Crippen LogP contribution is -2.19. The van der Waals surface area contributed by atoms with Crippen LogP contribution < -0.4 is 16.0 Å². The molecule has 0 saturated carbocycles. The fourth-order valence-electron chi connectivity index (χ4n) is 1.01. The van der Waals surface area contributed by atoms with E-state index in [-0.39, 0.29) is 5.35 Å². The Hall–Kier alpha value is -1.69. The number of H-pyrrole nitrogens is 1. The van der Waals surface area contributed by atoms with E-state index in [1.165, 1.54) is 18.4 Å². The number of hydroxylamine groups is 1. The maximum atomic E-state index is 12.2. The number of alkyl halides is 3. The Kier molecular flexibility index (Phi) is 3.21. The monoisotopic (exact) mass is 218 g/mol. The molecule has 1 rings (SSSR count). The van der Waals surface area contributed by atoms with Crippen molar-refractivity contribution in [2.24, 2.45) is 0 Å². The molecule has 1 heterocycles. The molecule has 0 bridgehead atoms. The molecule has 0 spiro atoms. The SMILES string of the molecule is C=c1[nH]c(C(F)(F)F)cc1=CC=CNO. The van der Waals surface area contributed by atoms with Crippen LogP contribution in [0.15, 0.2) is 18.3 Å². The summed E-state index contributed by atoms with van der Waals surface area (Å²) in [7, 11) is 0. The maximum Gasteiger partial charge on any atom is 0.431 e. The van der Waals surface area contributed by atoms with Crippen molar-refractivity contribution < 1.29 is 18.4 Å². The van der Waals surface area contributed by atoms with Crippen LogP contribution in [0.2, 0.25) is 0 Å². The molecule has 3 nitrogen and oxygen atoms in total. The second-order valence-electron chi connectivity index (χ2n) is 2.77. The summed E-state index contributed by atoms with van der Waals surface area (Å²) in [4.78, 5) is 2.13. The minimum atomic E-state index is -4.41. The third-order valence-electron chi connectivity index (χ3n) is 1.69. The van der Waals surface area contributed by atoms with E-state index in [0.29, 0.717) is 5.22 Å². The Morgan fingerprint density at radius 2 is 2.13 bits per heavy atom. The zero-order valence-electron chi connectivity index (χ0n) is 7.60. The lowest BCUT2D eigenvalue weighted by molar-refractivity contribution is -0.140. The Labute approximate surface area is 83.2 Å². The fourth-order valence-corrected chi connectivity index (χ4v) is 1.01. The van der Waals surface area contributed by atoms with Gasteiger partial charge in [-0.1, -0.05) is 12.7 Å². The molecule has 0 aliphatic carbocycles. The second-order valence-corrected chi connectivity index (χ2v) is 2.77. The van der Waals surface area contributed by atoms with E-state index in [0.717, 1.165) is 6.07 Å². The first-order valence-electron chi connectivity index (χ1n) is 3.97. The van der Waals surface area contributed by atoms with Crippen LogP contribution in [-0.4, -0.2) is 10.2 Å². The largest absolute Gasteiger partial charge is 0.431 e. The van der Waals surface area contributed by atoms with Crippen LogP contribution in [-0.2, 0) is 6.18 Å². The number of nitrogens with one attached hydrogen (secondary N) is 2. The van der Waals surface area contributed by atoms with Crippen LogP contribution in [0.3, 0.4) is 0 Å². The minimum absolute atomic E-state index is 0.171. The number of aromatic nitrogens is 1. The number of hydrogen-bond donors (Lipinski definition) is 3. The maximum absolute atomic E-state index is 12.2. The minimum Gasteiger partial charge on any atom is -0.351 e. The molecule has 0 saturated heterocycles. The first kappa shape index (κ1) is 11.4. The molecular weight excluding hydrogens is 209 g/mol. The third kappa shape index (κ3) is 2.88. The van der Waals surface area contributed by atoms with Crippen molar-refractivity contribution in [1.29, 1.82) is 0 Å². The van der Waals surface area contributed by atoms with Crippen LogP contribution in [0.1, 0.15) is 5.69 Å². The van der Waals surface area contributed by atoms with Crippen LogP contribution in [0.4, 0.5) is 13.2 Å². The summed E-state index contributed by atoms with van der Waals surface area (Å²) in [5.41, 5.74) is 0.886. The first-order chi connectivity index (χ1) is 6.95. The van der Waals surface area contributed by atoms with Gasteiger partial charge in [0.15, 0.2) is 0 Å². The van der Waals surface area contributed by atoms with Crippen molar-refractivity contribution in [3.8, 4) is 0 Å². The highest BCUT2D eigenvalue weighted by atomic mass is 19.4. The van der Waals surface area contributed by atoms with Crippen molar-refractivity contribution in [1.82, 2.24) is 10.5 Å². The lowest BCUT2D eigenvalue weighted by atomic mass is 10.3. The first-order valence-corrected chi connectivity index (χ1v) is 3.97. The number of rotatable bonds is 2. The van der Waals surface area contributed by atoms with Crippen molar-refractivity contribution in [3.63, 3.8) is 0 Å². The summed E-state index contributed by atoms with van der Waals surface area (Å²) in [5, 5.41) is 8.67. The molecule has 0 atom stereocenters. The van der Waals surface area contributed by atoms with Crippen LogP contribution in [0.5, 0.6) is 0 Å². The summed E-state index contributed by atoms with van der Waals surface area (Å²) in [6.07, 6.45) is -0.494. The topological polar surface area (TPSA) is 48.0 Å². The standard InChI is InChI=1S/C9H9F3N2O/c1-6-7(3-2-4-13-15)5-8(14-6)9(10,11)12/h2-5,13-15H,1H2. The molecule has 0 aliphatic rings. The van der Waals surface area contributed by atoms with Gasteiger partial charge in [0.1, 0.15) is 5.69 Å². The quantitative estimate of drug-likeness (QED) is 0.640. The predicted octanol–water partition coefficient (Wildman–Crippen LogP) is 0.717. The summed E-state index contributed by atoms with van der Waals surface area (Å²) >= 11 is 0. The molecule has 0 fully saturated rings. The molecule has 15 heavy (non-hydrogen) atoms. The Morgan fingerprint density at radius 1 is 1.47 bits per heavy atom. The van der Waals surface area contributed by atoms with Gasteiger partial charge in [-0.15, -0.1) is 0 Å². The number of halogens is 3. The van der Waals surface area contributed by atoms with Gasteiger partial charge in [-0.2, -0.15) is 13.2 Å². The van der Waals surface area contributed by atoms with Crippen LogP contribution in [0, 0.1) is 0 Å². The van der Waals surface area contributed by atoms with E-state index in [4.69, 9.17) is 5.21 Å². The molecule has 0 radical (unpaired) electrons. The van der Waals surface area contributed by atoms with Crippen molar-refractivity contribution in [3.05, 3.63) is 34.6 Å². The van der Waals surface area contributed by atoms with Crippen molar-refractivity contribution >= 4 is 12.7 Å². The predicted molar refractivity (Wildman–Crippen MR) is 49.1 cm³/mol. The summed E-state index contributed by atoms with van der Waals surface area (Å²) in [6, 6.07) is 0.948. The Bertz CT molecular complexity index is 459. The number of hydrogen-bond acceptors (Lipinski definition) is 2. The molecular formula is C9H9F3N2O. The van der Waals surface area contributed by atoms with Crippen molar-refractivity contribution in [2.75, 3.05) is 0 Å². The van der Waals surface area contributed by atoms with Gasteiger partial charge < -0.3 is 4.98 Å². The number of aromatic amines is 1. The molecule has 0 aliphatic heterocycles. The van der Waals surface area contributed by atoms with Gasteiger partial charge >= 0.3 is 6.18 Å². The second kappa shape index (κ2) is 4.22. The highest BCUT2D eigenvalue weighted by molar-refractivity contribution is 5.37. The van der Waals surface area contributed by atoms with Gasteiger partial charge in [0.25, 0.3) is 0 Å². The van der Waals surface area contributed by atoms with Gasteiger partial charge in [0, 0.05) is 11.5 Å². The Balaban J connectivity index is 3.13. The molecule has 1 aromatic rings. The summed E-state index contributed by atoms with van der Waals surface area (Å²) in [6.45, 7) is 3.43. The van der Waals surface area contributed by atoms with E-state index >= 15 is 0 Å². The smallest absolute Gasteiger partial charge is 0.351 e. The van der Waals surface area contributed by atoms with Crippen LogP contribution in [0.25, 0.3) is 12.7 Å². The van der Waals surface area contributed by atoms with Gasteiger partial charge in [0.05, 0.1) is 0 Å². The Morgan fingerprint density at radius 3 is 2.60 bits per heavy atom. The summed E-state index contributed by atoms with van der Waals surface area (Å²) < 4.78 is 36.7. The molecule has 0 aromatic carbocycles. The average molecular weight is 218 g/mol.